The van der Waals surface area contributed by atoms with Gasteiger partial charge in [0.25, 0.3) is 5.91 Å². The molecule has 0 aliphatic rings. The number of hydrogen-bond acceptors (Lipinski definition) is 1. The Hall–Kier alpha value is -2.59. The smallest absolute Gasteiger partial charge is 0.255 e. The first kappa shape index (κ1) is 14.4. The molecule has 0 spiro atoms. The van der Waals surface area contributed by atoms with Crippen LogP contribution in [0.4, 0.5) is 10.1 Å². The van der Waals surface area contributed by atoms with Gasteiger partial charge in [0.15, 0.2) is 0 Å². The zero-order valence-electron chi connectivity index (χ0n) is 11.5. The second-order valence-electron chi connectivity index (χ2n) is 4.72. The molecule has 3 aromatic rings. The highest BCUT2D eigenvalue weighted by atomic mass is 35.5. The molecule has 3 rings (SSSR count). The first-order chi connectivity index (χ1) is 10.6. The summed E-state index contributed by atoms with van der Waals surface area (Å²) >= 11 is 5.68. The van der Waals surface area contributed by atoms with Crippen molar-refractivity contribution in [2.45, 2.75) is 0 Å². The van der Waals surface area contributed by atoms with Crippen LogP contribution in [0.5, 0.6) is 0 Å². The first-order valence-corrected chi connectivity index (χ1v) is 7.01. The van der Waals surface area contributed by atoms with Crippen LogP contribution in [0.25, 0.3) is 5.69 Å². The van der Waals surface area contributed by atoms with Crippen LogP contribution in [0.3, 0.4) is 0 Å². The van der Waals surface area contributed by atoms with E-state index in [4.69, 9.17) is 11.6 Å². The lowest BCUT2D eigenvalue weighted by Gasteiger charge is -2.08. The van der Waals surface area contributed by atoms with Crippen LogP contribution in [0.1, 0.15) is 10.4 Å². The predicted molar refractivity (Wildman–Crippen MR) is 85.1 cm³/mol. The topological polar surface area (TPSA) is 34.0 Å². The van der Waals surface area contributed by atoms with E-state index >= 15 is 0 Å². The molecule has 0 bridgehead atoms. The highest BCUT2D eigenvalue weighted by molar-refractivity contribution is 6.30. The van der Waals surface area contributed by atoms with Crippen LogP contribution >= 0.6 is 11.6 Å². The van der Waals surface area contributed by atoms with E-state index in [0.29, 0.717) is 5.56 Å². The summed E-state index contributed by atoms with van der Waals surface area (Å²) in [7, 11) is 0. The molecule has 22 heavy (non-hydrogen) atoms. The van der Waals surface area contributed by atoms with Crippen molar-refractivity contribution in [1.29, 1.82) is 0 Å². The largest absolute Gasteiger partial charge is 0.324 e. The molecular formula is C17H12ClFN2O. The summed E-state index contributed by atoms with van der Waals surface area (Å²) in [5, 5.41) is 2.81. The molecule has 2 aromatic carbocycles. The van der Waals surface area contributed by atoms with Gasteiger partial charge in [0, 0.05) is 28.7 Å². The van der Waals surface area contributed by atoms with Crippen LogP contribution in [0.2, 0.25) is 5.02 Å². The third-order valence-electron chi connectivity index (χ3n) is 3.21. The molecule has 0 saturated carbocycles. The number of rotatable bonds is 3. The number of halogens is 2. The summed E-state index contributed by atoms with van der Waals surface area (Å²) in [6, 6.07) is 15.0. The maximum Gasteiger partial charge on any atom is 0.255 e. The molecule has 3 nitrogen and oxygen atoms in total. The second-order valence-corrected chi connectivity index (χ2v) is 5.15. The quantitative estimate of drug-likeness (QED) is 0.757. The lowest BCUT2D eigenvalue weighted by atomic mass is 10.2. The molecule has 5 heteroatoms. The lowest BCUT2D eigenvalue weighted by Crippen LogP contribution is -2.13. The number of carbonyl (C=O) groups excluding carboxylic acids is 1. The van der Waals surface area contributed by atoms with Crippen molar-refractivity contribution in [2.75, 3.05) is 5.32 Å². The van der Waals surface area contributed by atoms with E-state index in [1.807, 2.05) is 41.2 Å². The fraction of sp³-hybridized carbons (Fsp3) is 0. The number of anilines is 1. The molecular weight excluding hydrogens is 303 g/mol. The van der Waals surface area contributed by atoms with Crippen molar-refractivity contribution in [2.24, 2.45) is 0 Å². The van der Waals surface area contributed by atoms with Gasteiger partial charge in [-0.1, -0.05) is 11.6 Å². The van der Waals surface area contributed by atoms with Gasteiger partial charge < -0.3 is 9.88 Å². The van der Waals surface area contributed by atoms with Gasteiger partial charge in [0.2, 0.25) is 0 Å². The van der Waals surface area contributed by atoms with Crippen molar-refractivity contribution in [1.82, 2.24) is 4.57 Å². The van der Waals surface area contributed by atoms with Gasteiger partial charge in [-0.3, -0.25) is 4.79 Å². The van der Waals surface area contributed by atoms with E-state index in [2.05, 4.69) is 5.32 Å². The summed E-state index contributed by atoms with van der Waals surface area (Å²) in [4.78, 5) is 12.1. The molecule has 1 aromatic heterocycles. The van der Waals surface area contributed by atoms with Crippen LogP contribution in [0, 0.1) is 5.82 Å². The summed E-state index contributed by atoms with van der Waals surface area (Å²) in [6.45, 7) is 0. The third kappa shape index (κ3) is 3.02. The van der Waals surface area contributed by atoms with Gasteiger partial charge in [0.05, 0.1) is 5.69 Å². The minimum Gasteiger partial charge on any atom is -0.324 e. The summed E-state index contributed by atoms with van der Waals surface area (Å²) in [6.07, 6.45) is 3.83. The van der Waals surface area contributed by atoms with Gasteiger partial charge >= 0.3 is 0 Å². The van der Waals surface area contributed by atoms with Crippen molar-refractivity contribution in [3.05, 3.63) is 83.4 Å². The number of nitrogens with zero attached hydrogens (tertiary/aromatic N) is 1. The number of amides is 1. The fourth-order valence-corrected chi connectivity index (χ4v) is 2.24. The fourth-order valence-electron chi connectivity index (χ4n) is 2.08. The van der Waals surface area contributed by atoms with Crippen LogP contribution in [-0.4, -0.2) is 10.5 Å². The molecule has 1 N–H and O–H groups in total. The summed E-state index contributed by atoms with van der Waals surface area (Å²) in [5.74, 6) is -0.940. The number of aromatic nitrogens is 1. The van der Waals surface area contributed by atoms with Crippen molar-refractivity contribution >= 4 is 23.2 Å². The Labute approximate surface area is 132 Å². The highest BCUT2D eigenvalue weighted by Gasteiger charge is 2.10. The molecule has 0 radical (unpaired) electrons. The van der Waals surface area contributed by atoms with E-state index in [1.165, 1.54) is 12.1 Å². The number of carbonyl (C=O) groups is 1. The zero-order chi connectivity index (χ0) is 15.5. The van der Waals surface area contributed by atoms with E-state index < -0.39 is 5.82 Å². The molecule has 0 atom stereocenters. The van der Waals surface area contributed by atoms with Gasteiger partial charge in [-0.05, 0) is 54.6 Å². The minimum atomic E-state index is -0.565. The molecule has 1 amide bonds. The molecule has 0 saturated heterocycles. The van der Waals surface area contributed by atoms with Crippen LogP contribution < -0.4 is 5.32 Å². The van der Waals surface area contributed by atoms with Gasteiger partial charge in [0.1, 0.15) is 5.82 Å². The minimum absolute atomic E-state index is 0.101. The maximum atomic E-state index is 13.7. The monoisotopic (exact) mass is 314 g/mol. The van der Waals surface area contributed by atoms with E-state index in [0.717, 1.165) is 11.8 Å². The number of benzene rings is 2. The Bertz CT molecular complexity index is 798. The SMILES string of the molecule is O=C(Nc1ccc(Cl)cc1F)c1ccc(-n2cccc2)cc1. The Morgan fingerprint density at radius 1 is 1.05 bits per heavy atom. The normalized spacial score (nSPS) is 10.5. The first-order valence-electron chi connectivity index (χ1n) is 6.63. The van der Waals surface area contributed by atoms with Gasteiger partial charge in [-0.2, -0.15) is 0 Å². The molecule has 0 aliphatic heterocycles. The molecule has 110 valence electrons. The average Bonchev–Trinajstić information content (AvgIpc) is 3.04. The predicted octanol–water partition coefficient (Wildman–Crippen LogP) is 4.52. The second kappa shape index (κ2) is 6.03. The maximum absolute atomic E-state index is 13.7. The molecule has 1 heterocycles. The molecule has 0 fully saturated rings. The van der Waals surface area contributed by atoms with E-state index in [1.54, 1.807) is 12.1 Å². The van der Waals surface area contributed by atoms with Crippen molar-refractivity contribution in [3.63, 3.8) is 0 Å². The van der Waals surface area contributed by atoms with E-state index in [9.17, 15) is 9.18 Å². The molecule has 0 aliphatic carbocycles. The Morgan fingerprint density at radius 2 is 1.73 bits per heavy atom. The van der Waals surface area contributed by atoms with Crippen LogP contribution in [0.15, 0.2) is 67.0 Å². The summed E-state index contributed by atoms with van der Waals surface area (Å²) < 4.78 is 15.6. The van der Waals surface area contributed by atoms with Crippen LogP contribution in [-0.2, 0) is 0 Å². The lowest BCUT2D eigenvalue weighted by molar-refractivity contribution is 0.102. The Morgan fingerprint density at radius 3 is 2.36 bits per heavy atom. The average molecular weight is 315 g/mol. The Kier molecular flexibility index (Phi) is 3.94. The zero-order valence-corrected chi connectivity index (χ0v) is 12.2. The third-order valence-corrected chi connectivity index (χ3v) is 3.45. The van der Waals surface area contributed by atoms with Gasteiger partial charge in [-0.15, -0.1) is 0 Å². The van der Waals surface area contributed by atoms with Gasteiger partial charge in [-0.25, -0.2) is 4.39 Å². The van der Waals surface area contributed by atoms with E-state index in [-0.39, 0.29) is 16.6 Å². The van der Waals surface area contributed by atoms with Crippen molar-refractivity contribution < 1.29 is 9.18 Å². The standard InChI is InChI=1S/C17H12ClFN2O/c18-13-5-8-16(15(19)11-13)20-17(22)12-3-6-14(7-4-12)21-9-1-2-10-21/h1-11H,(H,20,22). The molecule has 0 unspecified atom stereocenters. The Balaban J connectivity index is 1.77. The number of hydrogen-bond donors (Lipinski definition) is 1. The number of nitrogens with one attached hydrogen (secondary N) is 1. The highest BCUT2D eigenvalue weighted by Crippen LogP contribution is 2.20. The summed E-state index contributed by atoms with van der Waals surface area (Å²) in [5.41, 5.74) is 1.49. The van der Waals surface area contributed by atoms with Crippen molar-refractivity contribution in [3.8, 4) is 5.69 Å².